The van der Waals surface area contributed by atoms with Gasteiger partial charge in [-0.05, 0) is 44.9 Å². The lowest BCUT2D eigenvalue weighted by Gasteiger charge is -2.39. The smallest absolute Gasteiger partial charge is 0.275 e. The van der Waals surface area contributed by atoms with E-state index in [0.717, 1.165) is 6.54 Å². The van der Waals surface area contributed by atoms with Gasteiger partial charge in [-0.25, -0.2) is 4.98 Å². The molecule has 0 unspecified atom stereocenters. The Morgan fingerprint density at radius 1 is 1.24 bits per heavy atom. The molecule has 2 aliphatic rings. The number of nitrogens with zero attached hydrogens (tertiary/aromatic N) is 4. The van der Waals surface area contributed by atoms with E-state index in [0.29, 0.717) is 36.0 Å². The van der Waals surface area contributed by atoms with Crippen molar-refractivity contribution in [2.45, 2.75) is 58.1 Å². The molecule has 1 saturated carbocycles. The van der Waals surface area contributed by atoms with E-state index in [1.807, 2.05) is 6.92 Å². The van der Waals surface area contributed by atoms with Gasteiger partial charge in [0.25, 0.3) is 11.8 Å². The number of anilines is 1. The number of ether oxygens (including phenoxy) is 1. The van der Waals surface area contributed by atoms with Crippen molar-refractivity contribution in [3.05, 3.63) is 48.0 Å². The Balaban J connectivity index is 1.63. The number of hydrogen-bond donors (Lipinski definition) is 2. The third kappa shape index (κ3) is 6.64. The standard InChI is InChI=1S/C28H39N5O4/c1-19-15-33(20(2)18-34)28(36)22-10-7-11-23(31-27(35)24-14-29-12-13-30-24)26(22)37-25(19)17-32(3)16-21-8-5-4-6-9-21/h7,10-14,19-21,25,34H,4-6,8-9,15-18H2,1-3H3,(H,31,35)/t19-,20-,25+/m1/s1. The zero-order valence-electron chi connectivity index (χ0n) is 22.1. The maximum absolute atomic E-state index is 13.6. The molecule has 200 valence electrons. The number of rotatable bonds is 8. The van der Waals surface area contributed by atoms with Crippen LogP contribution in [-0.4, -0.2) is 82.1 Å². The van der Waals surface area contributed by atoms with Crippen LogP contribution >= 0.6 is 0 Å². The summed E-state index contributed by atoms with van der Waals surface area (Å²) in [6.45, 7) is 5.97. The minimum atomic E-state index is -0.431. The summed E-state index contributed by atoms with van der Waals surface area (Å²) < 4.78 is 6.61. The molecular weight excluding hydrogens is 470 g/mol. The topological polar surface area (TPSA) is 108 Å². The van der Waals surface area contributed by atoms with Gasteiger partial charge >= 0.3 is 0 Å². The first kappa shape index (κ1) is 27.0. The first-order chi connectivity index (χ1) is 17.9. The lowest BCUT2D eigenvalue weighted by molar-refractivity contribution is 0.0332. The monoisotopic (exact) mass is 509 g/mol. The maximum atomic E-state index is 13.6. The number of aliphatic hydroxyl groups is 1. The molecule has 2 amide bonds. The lowest BCUT2D eigenvalue weighted by Crippen LogP contribution is -2.50. The van der Waals surface area contributed by atoms with Gasteiger partial charge in [0.2, 0.25) is 0 Å². The Kier molecular flexibility index (Phi) is 9.10. The van der Waals surface area contributed by atoms with Crippen LogP contribution in [0.4, 0.5) is 5.69 Å². The number of amides is 2. The van der Waals surface area contributed by atoms with Crippen LogP contribution in [0, 0.1) is 11.8 Å². The predicted octanol–water partition coefficient (Wildman–Crippen LogP) is 3.46. The fourth-order valence-electron chi connectivity index (χ4n) is 5.35. The summed E-state index contributed by atoms with van der Waals surface area (Å²) in [5.74, 6) is 0.391. The molecule has 9 nitrogen and oxygen atoms in total. The van der Waals surface area contributed by atoms with E-state index in [1.54, 1.807) is 23.1 Å². The quantitative estimate of drug-likeness (QED) is 0.561. The van der Waals surface area contributed by atoms with Gasteiger partial charge in [0, 0.05) is 37.9 Å². The second-order valence-electron chi connectivity index (χ2n) is 10.6. The highest BCUT2D eigenvalue weighted by Gasteiger charge is 2.35. The van der Waals surface area contributed by atoms with Gasteiger partial charge in [-0.15, -0.1) is 0 Å². The van der Waals surface area contributed by atoms with Crippen molar-refractivity contribution >= 4 is 17.5 Å². The highest BCUT2D eigenvalue weighted by molar-refractivity contribution is 6.06. The highest BCUT2D eigenvalue weighted by atomic mass is 16.5. The number of likely N-dealkylation sites (N-methyl/N-ethyl adjacent to an activating group) is 1. The maximum Gasteiger partial charge on any atom is 0.275 e. The van der Waals surface area contributed by atoms with Crippen molar-refractivity contribution in [1.29, 1.82) is 0 Å². The molecule has 37 heavy (non-hydrogen) atoms. The van der Waals surface area contributed by atoms with E-state index in [9.17, 15) is 14.7 Å². The third-order valence-corrected chi connectivity index (χ3v) is 7.52. The molecule has 1 aliphatic carbocycles. The van der Waals surface area contributed by atoms with Crippen LogP contribution in [0.1, 0.15) is 66.8 Å². The number of fused-ring (bicyclic) bond motifs is 1. The summed E-state index contributed by atoms with van der Waals surface area (Å²) >= 11 is 0. The van der Waals surface area contributed by atoms with Gasteiger partial charge in [0.1, 0.15) is 11.8 Å². The minimum Gasteiger partial charge on any atom is -0.486 e. The number of aliphatic hydroxyl groups excluding tert-OH is 1. The number of nitrogens with one attached hydrogen (secondary N) is 1. The molecule has 0 saturated heterocycles. The summed E-state index contributed by atoms with van der Waals surface area (Å²) in [7, 11) is 2.13. The van der Waals surface area contributed by atoms with Gasteiger partial charge in [-0.1, -0.05) is 32.3 Å². The molecule has 1 aromatic carbocycles. The number of carbonyl (C=O) groups is 2. The first-order valence-corrected chi connectivity index (χ1v) is 13.3. The average molecular weight is 510 g/mol. The van der Waals surface area contributed by atoms with Crippen LogP contribution in [0.5, 0.6) is 5.75 Å². The van der Waals surface area contributed by atoms with Crippen LogP contribution in [0.25, 0.3) is 0 Å². The summed E-state index contributed by atoms with van der Waals surface area (Å²) in [6.07, 6.45) is 10.6. The summed E-state index contributed by atoms with van der Waals surface area (Å²) in [6, 6.07) is 4.82. The minimum absolute atomic E-state index is 0.00338. The van der Waals surface area contributed by atoms with E-state index >= 15 is 0 Å². The largest absolute Gasteiger partial charge is 0.486 e. The van der Waals surface area contributed by atoms with Crippen molar-refractivity contribution in [3.8, 4) is 5.75 Å². The molecule has 0 spiro atoms. The fourth-order valence-corrected chi connectivity index (χ4v) is 5.35. The zero-order chi connectivity index (χ0) is 26.4. The van der Waals surface area contributed by atoms with E-state index < -0.39 is 5.91 Å². The number of carbonyl (C=O) groups excluding carboxylic acids is 2. The second-order valence-corrected chi connectivity index (χ2v) is 10.6. The predicted molar refractivity (Wildman–Crippen MR) is 142 cm³/mol. The number of para-hydroxylation sites is 1. The van der Waals surface area contributed by atoms with Crippen LogP contribution in [0.3, 0.4) is 0 Å². The normalized spacial score (nSPS) is 21.5. The molecule has 3 atom stereocenters. The summed E-state index contributed by atoms with van der Waals surface area (Å²) in [4.78, 5) is 38.6. The molecule has 2 heterocycles. The van der Waals surface area contributed by atoms with Crippen LogP contribution < -0.4 is 10.1 Å². The highest BCUT2D eigenvalue weighted by Crippen LogP contribution is 2.35. The average Bonchev–Trinajstić information content (AvgIpc) is 2.91. The zero-order valence-corrected chi connectivity index (χ0v) is 22.1. The fraction of sp³-hybridized carbons (Fsp3) is 0.571. The first-order valence-electron chi connectivity index (χ1n) is 13.3. The van der Waals surface area contributed by atoms with Crippen LogP contribution in [0.2, 0.25) is 0 Å². The third-order valence-electron chi connectivity index (χ3n) is 7.52. The lowest BCUT2D eigenvalue weighted by atomic mass is 9.89. The Labute approximate surface area is 219 Å². The van der Waals surface area contributed by atoms with Crippen molar-refractivity contribution in [2.24, 2.45) is 11.8 Å². The Bertz CT molecular complexity index is 1060. The molecule has 1 aliphatic heterocycles. The van der Waals surface area contributed by atoms with Gasteiger partial charge in [0.05, 0.1) is 30.1 Å². The Hall–Kier alpha value is -3.04. The van der Waals surface area contributed by atoms with Gasteiger partial charge < -0.3 is 25.0 Å². The Morgan fingerprint density at radius 2 is 2.03 bits per heavy atom. The van der Waals surface area contributed by atoms with Gasteiger partial charge in [-0.3, -0.25) is 14.6 Å². The molecular formula is C28H39N5O4. The number of aromatic nitrogens is 2. The molecule has 0 radical (unpaired) electrons. The molecule has 9 heteroatoms. The van der Waals surface area contributed by atoms with Crippen molar-refractivity contribution in [1.82, 2.24) is 19.8 Å². The van der Waals surface area contributed by atoms with Crippen LogP contribution in [0.15, 0.2) is 36.8 Å². The van der Waals surface area contributed by atoms with E-state index in [-0.39, 0.29) is 36.3 Å². The van der Waals surface area contributed by atoms with Crippen LogP contribution in [-0.2, 0) is 0 Å². The number of hydrogen-bond acceptors (Lipinski definition) is 7. The van der Waals surface area contributed by atoms with E-state index in [2.05, 4.69) is 34.2 Å². The van der Waals surface area contributed by atoms with Gasteiger partial charge in [0.15, 0.2) is 5.75 Å². The van der Waals surface area contributed by atoms with E-state index in [1.165, 1.54) is 50.7 Å². The summed E-state index contributed by atoms with van der Waals surface area (Å²) in [5.41, 5.74) is 0.946. The summed E-state index contributed by atoms with van der Waals surface area (Å²) in [5, 5.41) is 12.8. The molecule has 0 bridgehead atoms. The molecule has 1 fully saturated rings. The molecule has 4 rings (SSSR count). The van der Waals surface area contributed by atoms with Crippen molar-refractivity contribution in [3.63, 3.8) is 0 Å². The van der Waals surface area contributed by atoms with Crippen molar-refractivity contribution < 1.29 is 19.4 Å². The van der Waals surface area contributed by atoms with E-state index in [4.69, 9.17) is 4.74 Å². The van der Waals surface area contributed by atoms with Crippen molar-refractivity contribution in [2.75, 3.05) is 38.6 Å². The molecule has 1 aromatic heterocycles. The molecule has 2 N–H and O–H groups in total. The Morgan fingerprint density at radius 3 is 2.73 bits per heavy atom. The molecule has 2 aromatic rings. The SMILES string of the molecule is C[C@@H]1CN([C@H](C)CO)C(=O)c2cccc(NC(=O)c3cnccn3)c2O[C@H]1CN(C)CC1CCCCC1. The number of benzene rings is 1. The van der Waals surface area contributed by atoms with Gasteiger partial charge in [-0.2, -0.15) is 0 Å². The second kappa shape index (κ2) is 12.5.